The molecule has 1 atom stereocenters. The molecule has 1 saturated carbocycles. The van der Waals surface area contributed by atoms with E-state index in [0.29, 0.717) is 30.1 Å². The van der Waals surface area contributed by atoms with Gasteiger partial charge in [0.1, 0.15) is 6.10 Å². The molecule has 1 aliphatic heterocycles. The fourth-order valence-corrected chi connectivity index (χ4v) is 4.72. The van der Waals surface area contributed by atoms with Gasteiger partial charge in [-0.15, -0.1) is 0 Å². The van der Waals surface area contributed by atoms with Crippen molar-refractivity contribution < 1.29 is 18.8 Å². The number of hydrogen-bond donors (Lipinski definition) is 0. The molecular formula is C23H33N3O5. The van der Waals surface area contributed by atoms with Crippen molar-refractivity contribution in [1.82, 2.24) is 14.5 Å². The lowest BCUT2D eigenvalue weighted by molar-refractivity contribution is -0.182. The normalized spacial score (nSPS) is 22.0. The van der Waals surface area contributed by atoms with Crippen molar-refractivity contribution in [1.29, 1.82) is 0 Å². The SMILES string of the molecule is Cc1c(C(=O)Cc2c(C)n(C)n(C3CCCCC3)c2=O)noc1[C@H]1COC(C)(C)CO1. The molecular weight excluding hydrogens is 398 g/mol. The Morgan fingerprint density at radius 2 is 1.90 bits per heavy atom. The molecule has 31 heavy (non-hydrogen) atoms. The molecule has 2 aromatic rings. The average molecular weight is 432 g/mol. The van der Waals surface area contributed by atoms with Crippen LogP contribution >= 0.6 is 0 Å². The summed E-state index contributed by atoms with van der Waals surface area (Å²) in [5.41, 5.74) is 1.88. The van der Waals surface area contributed by atoms with Crippen LogP contribution in [0.5, 0.6) is 0 Å². The summed E-state index contributed by atoms with van der Waals surface area (Å²) in [7, 11) is 1.90. The summed E-state index contributed by atoms with van der Waals surface area (Å²) in [4.78, 5) is 26.3. The molecule has 0 bridgehead atoms. The third-order valence-electron chi connectivity index (χ3n) is 6.74. The minimum atomic E-state index is -0.385. The Morgan fingerprint density at radius 3 is 2.55 bits per heavy atom. The summed E-state index contributed by atoms with van der Waals surface area (Å²) in [6.45, 7) is 8.42. The number of aromatic nitrogens is 3. The van der Waals surface area contributed by atoms with E-state index < -0.39 is 0 Å². The monoisotopic (exact) mass is 431 g/mol. The van der Waals surface area contributed by atoms with E-state index in [2.05, 4.69) is 5.16 Å². The fourth-order valence-electron chi connectivity index (χ4n) is 4.72. The van der Waals surface area contributed by atoms with Gasteiger partial charge in [-0.3, -0.25) is 14.3 Å². The average Bonchev–Trinajstić information content (AvgIpc) is 3.22. The van der Waals surface area contributed by atoms with E-state index in [1.54, 1.807) is 6.92 Å². The minimum Gasteiger partial charge on any atom is -0.370 e. The highest BCUT2D eigenvalue weighted by Crippen LogP contribution is 2.31. The Bertz CT molecular complexity index is 1010. The van der Waals surface area contributed by atoms with Gasteiger partial charge < -0.3 is 14.0 Å². The Labute approximate surface area is 182 Å². The highest BCUT2D eigenvalue weighted by atomic mass is 16.6. The van der Waals surface area contributed by atoms with Gasteiger partial charge in [-0.1, -0.05) is 24.4 Å². The summed E-state index contributed by atoms with van der Waals surface area (Å²) in [6, 6.07) is 0.210. The van der Waals surface area contributed by atoms with E-state index in [-0.39, 0.29) is 41.2 Å². The number of carbonyl (C=O) groups is 1. The van der Waals surface area contributed by atoms with Gasteiger partial charge in [0.25, 0.3) is 5.56 Å². The van der Waals surface area contributed by atoms with E-state index in [1.807, 2.05) is 37.2 Å². The predicted octanol–water partition coefficient (Wildman–Crippen LogP) is 3.59. The molecule has 1 aliphatic carbocycles. The Morgan fingerprint density at radius 1 is 1.19 bits per heavy atom. The molecule has 3 heterocycles. The molecule has 0 N–H and O–H groups in total. The Hall–Kier alpha value is -2.19. The lowest BCUT2D eigenvalue weighted by Crippen LogP contribution is -2.38. The first-order valence-corrected chi connectivity index (χ1v) is 11.2. The second-order valence-corrected chi connectivity index (χ2v) is 9.52. The van der Waals surface area contributed by atoms with Crippen molar-refractivity contribution in [2.24, 2.45) is 7.05 Å². The predicted molar refractivity (Wildman–Crippen MR) is 115 cm³/mol. The molecule has 0 spiro atoms. The molecule has 2 aromatic heterocycles. The van der Waals surface area contributed by atoms with E-state index >= 15 is 0 Å². The number of ketones is 1. The van der Waals surface area contributed by atoms with Gasteiger partial charge in [0.15, 0.2) is 17.2 Å². The molecule has 1 saturated heterocycles. The number of Topliss-reactive ketones (excluding diaryl/α,β-unsaturated/α-hetero) is 1. The first kappa shape index (κ1) is 22.0. The summed E-state index contributed by atoms with van der Waals surface area (Å²) >= 11 is 0. The lowest BCUT2D eigenvalue weighted by atomic mass is 9.95. The van der Waals surface area contributed by atoms with Crippen molar-refractivity contribution in [2.45, 2.75) is 84.0 Å². The maximum atomic E-state index is 13.2. The van der Waals surface area contributed by atoms with Gasteiger partial charge in [0.2, 0.25) is 0 Å². The number of carbonyl (C=O) groups excluding carboxylic acids is 1. The fraction of sp³-hybridized carbons (Fsp3) is 0.696. The van der Waals surface area contributed by atoms with Gasteiger partial charge in [-0.25, -0.2) is 4.68 Å². The van der Waals surface area contributed by atoms with Crippen molar-refractivity contribution in [3.05, 3.63) is 38.6 Å². The first-order valence-electron chi connectivity index (χ1n) is 11.2. The summed E-state index contributed by atoms with van der Waals surface area (Å²) < 4.78 is 20.9. The van der Waals surface area contributed by atoms with Crippen LogP contribution in [0.3, 0.4) is 0 Å². The van der Waals surface area contributed by atoms with Crippen molar-refractivity contribution in [3.63, 3.8) is 0 Å². The zero-order chi connectivity index (χ0) is 22.3. The standard InChI is InChI=1S/C23H33N3O5/c1-14-20(24-31-21(14)19-12-30-23(3,4)13-29-19)18(27)11-17-15(2)25(5)26(22(17)28)16-9-7-6-8-10-16/h16,19H,6-13H2,1-5H3/t19-/m1/s1. The third-order valence-corrected chi connectivity index (χ3v) is 6.74. The van der Waals surface area contributed by atoms with Gasteiger partial charge in [0, 0.05) is 30.3 Å². The van der Waals surface area contributed by atoms with Crippen LogP contribution in [0, 0.1) is 13.8 Å². The summed E-state index contributed by atoms with van der Waals surface area (Å²) in [5, 5.41) is 4.03. The highest BCUT2D eigenvalue weighted by molar-refractivity contribution is 5.97. The van der Waals surface area contributed by atoms with E-state index in [0.717, 1.165) is 31.4 Å². The van der Waals surface area contributed by atoms with Crippen molar-refractivity contribution >= 4 is 5.78 Å². The van der Waals surface area contributed by atoms with Gasteiger partial charge in [-0.2, -0.15) is 0 Å². The number of ether oxygens (including phenoxy) is 2. The molecule has 4 rings (SSSR count). The summed E-state index contributed by atoms with van der Waals surface area (Å²) in [5.74, 6) is 0.300. The molecule has 0 amide bonds. The molecule has 0 aromatic carbocycles. The van der Waals surface area contributed by atoms with Gasteiger partial charge >= 0.3 is 0 Å². The largest absolute Gasteiger partial charge is 0.370 e. The second kappa shape index (κ2) is 8.39. The Balaban J connectivity index is 1.54. The number of rotatable bonds is 5. The molecule has 0 unspecified atom stereocenters. The van der Waals surface area contributed by atoms with Crippen LogP contribution in [-0.4, -0.2) is 39.1 Å². The van der Waals surface area contributed by atoms with Crippen molar-refractivity contribution in [3.8, 4) is 0 Å². The Kier molecular flexibility index (Phi) is 5.96. The van der Waals surface area contributed by atoms with E-state index in [9.17, 15) is 9.59 Å². The molecule has 2 aliphatic rings. The van der Waals surface area contributed by atoms with Crippen LogP contribution in [-0.2, 0) is 22.9 Å². The smallest absolute Gasteiger partial charge is 0.270 e. The van der Waals surface area contributed by atoms with Crippen molar-refractivity contribution in [2.75, 3.05) is 13.2 Å². The maximum Gasteiger partial charge on any atom is 0.270 e. The molecule has 8 heteroatoms. The van der Waals surface area contributed by atoms with Crippen LogP contribution in [0.25, 0.3) is 0 Å². The zero-order valence-electron chi connectivity index (χ0n) is 19.2. The first-order chi connectivity index (χ1) is 14.7. The lowest BCUT2D eigenvalue weighted by Gasteiger charge is -2.34. The number of hydrogen-bond acceptors (Lipinski definition) is 6. The van der Waals surface area contributed by atoms with Gasteiger partial charge in [0.05, 0.1) is 24.9 Å². The van der Waals surface area contributed by atoms with Gasteiger partial charge in [-0.05, 0) is 40.5 Å². The summed E-state index contributed by atoms with van der Waals surface area (Å²) in [6.07, 6.45) is 5.15. The number of nitrogens with zero attached hydrogens (tertiary/aromatic N) is 3. The minimum absolute atomic E-state index is 0.0140. The maximum absolute atomic E-state index is 13.2. The molecule has 0 radical (unpaired) electrons. The van der Waals surface area contributed by atoms with E-state index in [1.165, 1.54) is 6.42 Å². The molecule has 170 valence electrons. The topological polar surface area (TPSA) is 88.5 Å². The van der Waals surface area contributed by atoms with Crippen LogP contribution in [0.1, 0.15) is 91.2 Å². The van der Waals surface area contributed by atoms with Crippen LogP contribution in [0.4, 0.5) is 0 Å². The van der Waals surface area contributed by atoms with Crippen LogP contribution in [0.2, 0.25) is 0 Å². The van der Waals surface area contributed by atoms with E-state index in [4.69, 9.17) is 14.0 Å². The third kappa shape index (κ3) is 4.15. The second-order valence-electron chi connectivity index (χ2n) is 9.52. The molecule has 2 fully saturated rings. The van der Waals surface area contributed by atoms with Crippen LogP contribution in [0.15, 0.2) is 9.32 Å². The molecule has 8 nitrogen and oxygen atoms in total. The van der Waals surface area contributed by atoms with Crippen LogP contribution < -0.4 is 5.56 Å². The zero-order valence-corrected chi connectivity index (χ0v) is 19.2. The highest BCUT2D eigenvalue weighted by Gasteiger charge is 2.34. The quantitative estimate of drug-likeness (QED) is 0.672.